The van der Waals surface area contributed by atoms with Crippen LogP contribution in [0.4, 0.5) is 21.6 Å². The second-order valence-corrected chi connectivity index (χ2v) is 3.50. The fourth-order valence-electron chi connectivity index (χ4n) is 1.66. The molecular weight excluding hydrogens is 219 g/mol. The molecule has 5 heteroatoms. The zero-order chi connectivity index (χ0) is 12.3. The predicted molar refractivity (Wildman–Crippen MR) is 65.5 cm³/mol. The average molecular weight is 232 g/mol. The Labute approximate surface area is 98.9 Å². The summed E-state index contributed by atoms with van der Waals surface area (Å²) >= 11 is 0. The van der Waals surface area contributed by atoms with Crippen molar-refractivity contribution in [3.05, 3.63) is 42.6 Å². The third-order valence-corrected chi connectivity index (χ3v) is 2.43. The molecule has 0 aliphatic rings. The van der Waals surface area contributed by atoms with Crippen LogP contribution in [0, 0.1) is 5.82 Å². The second kappa shape index (κ2) is 4.78. The molecule has 0 saturated heterocycles. The van der Waals surface area contributed by atoms with E-state index in [2.05, 4.69) is 9.97 Å². The Kier molecular flexibility index (Phi) is 3.18. The van der Waals surface area contributed by atoms with Gasteiger partial charge >= 0.3 is 0 Å². The van der Waals surface area contributed by atoms with E-state index >= 15 is 0 Å². The summed E-state index contributed by atoms with van der Waals surface area (Å²) in [5.74, 6) is 0.222. The van der Waals surface area contributed by atoms with E-state index in [4.69, 9.17) is 5.73 Å². The van der Waals surface area contributed by atoms with Crippen molar-refractivity contribution in [2.75, 3.05) is 17.2 Å². The van der Waals surface area contributed by atoms with Crippen LogP contribution in [0.5, 0.6) is 0 Å². The topological polar surface area (TPSA) is 55.0 Å². The quantitative estimate of drug-likeness (QED) is 0.882. The summed E-state index contributed by atoms with van der Waals surface area (Å²) in [4.78, 5) is 9.63. The van der Waals surface area contributed by atoms with Gasteiger partial charge in [-0.1, -0.05) is 12.1 Å². The van der Waals surface area contributed by atoms with Crippen LogP contribution in [0.2, 0.25) is 0 Å². The first-order valence-corrected chi connectivity index (χ1v) is 5.31. The lowest BCUT2D eigenvalue weighted by molar-refractivity contribution is 0.625. The van der Waals surface area contributed by atoms with Crippen LogP contribution >= 0.6 is 0 Å². The molecule has 0 aliphatic carbocycles. The fraction of sp³-hybridized carbons (Fsp3) is 0.167. The maximum Gasteiger partial charge on any atom is 0.159 e. The summed E-state index contributed by atoms with van der Waals surface area (Å²) in [5.41, 5.74) is 6.68. The van der Waals surface area contributed by atoms with Gasteiger partial charge in [0.15, 0.2) is 5.82 Å². The normalized spacial score (nSPS) is 10.2. The second-order valence-electron chi connectivity index (χ2n) is 3.50. The third kappa shape index (κ3) is 2.18. The fourth-order valence-corrected chi connectivity index (χ4v) is 1.66. The Hall–Kier alpha value is -2.17. The number of nitrogens with zero attached hydrogens (tertiary/aromatic N) is 3. The summed E-state index contributed by atoms with van der Waals surface area (Å²) in [6, 6.07) is 6.53. The van der Waals surface area contributed by atoms with Crippen molar-refractivity contribution in [1.29, 1.82) is 0 Å². The highest BCUT2D eigenvalue weighted by molar-refractivity contribution is 5.70. The number of hydrogen-bond donors (Lipinski definition) is 1. The smallest absolute Gasteiger partial charge is 0.159 e. The van der Waals surface area contributed by atoms with Crippen LogP contribution in [-0.4, -0.2) is 16.5 Å². The molecule has 0 spiro atoms. The number of halogens is 1. The van der Waals surface area contributed by atoms with Crippen molar-refractivity contribution >= 4 is 17.2 Å². The van der Waals surface area contributed by atoms with Crippen LogP contribution in [0.1, 0.15) is 6.92 Å². The summed E-state index contributed by atoms with van der Waals surface area (Å²) in [6.07, 6.45) is 2.90. The highest BCUT2D eigenvalue weighted by atomic mass is 19.1. The predicted octanol–water partition coefficient (Wildman–Crippen LogP) is 2.36. The first-order valence-electron chi connectivity index (χ1n) is 5.31. The molecular formula is C12H13FN4. The zero-order valence-electron chi connectivity index (χ0n) is 9.47. The summed E-state index contributed by atoms with van der Waals surface area (Å²) in [6.45, 7) is 2.48. The Morgan fingerprint density at radius 2 is 2.12 bits per heavy atom. The number of nitrogens with two attached hydrogens (primary N) is 1. The van der Waals surface area contributed by atoms with Gasteiger partial charge in [0.25, 0.3) is 0 Å². The Morgan fingerprint density at radius 1 is 1.35 bits per heavy atom. The van der Waals surface area contributed by atoms with Crippen molar-refractivity contribution in [3.63, 3.8) is 0 Å². The lowest BCUT2D eigenvalue weighted by Gasteiger charge is -2.23. The molecule has 0 bridgehead atoms. The van der Waals surface area contributed by atoms with Gasteiger partial charge in [-0.3, -0.25) is 0 Å². The van der Waals surface area contributed by atoms with Crippen molar-refractivity contribution in [2.45, 2.75) is 6.92 Å². The molecule has 0 amide bonds. The molecule has 0 fully saturated rings. The minimum Gasteiger partial charge on any atom is -0.394 e. The van der Waals surface area contributed by atoms with Crippen LogP contribution < -0.4 is 10.6 Å². The summed E-state index contributed by atoms with van der Waals surface area (Å²) in [7, 11) is 0. The largest absolute Gasteiger partial charge is 0.394 e. The molecule has 1 aromatic heterocycles. The standard InChI is InChI=1S/C12H13FN4/c1-2-17(11-6-4-3-5-9(11)13)12-10(14)7-15-8-16-12/h3-8H,2,14H2,1H3. The number of rotatable bonds is 3. The average Bonchev–Trinajstić information content (AvgIpc) is 2.34. The van der Waals surface area contributed by atoms with Gasteiger partial charge in [-0.15, -0.1) is 0 Å². The van der Waals surface area contributed by atoms with Gasteiger partial charge in [-0.25, -0.2) is 14.4 Å². The molecule has 0 unspecified atom stereocenters. The van der Waals surface area contributed by atoms with Crippen LogP contribution in [0.25, 0.3) is 0 Å². The van der Waals surface area contributed by atoms with Gasteiger partial charge in [-0.05, 0) is 19.1 Å². The van der Waals surface area contributed by atoms with E-state index in [0.717, 1.165) is 0 Å². The lowest BCUT2D eigenvalue weighted by Crippen LogP contribution is -2.20. The monoisotopic (exact) mass is 232 g/mol. The van der Waals surface area contributed by atoms with Gasteiger partial charge < -0.3 is 10.6 Å². The number of nitrogen functional groups attached to an aromatic ring is 1. The van der Waals surface area contributed by atoms with Crippen LogP contribution in [0.3, 0.4) is 0 Å². The lowest BCUT2D eigenvalue weighted by atomic mass is 10.2. The highest BCUT2D eigenvalue weighted by Gasteiger charge is 2.14. The first-order chi connectivity index (χ1) is 8.24. The molecule has 2 aromatic rings. The molecule has 0 atom stereocenters. The van der Waals surface area contributed by atoms with Gasteiger partial charge in [-0.2, -0.15) is 0 Å². The Balaban J connectivity index is 2.48. The molecule has 1 aromatic carbocycles. The van der Waals surface area contributed by atoms with E-state index in [1.165, 1.54) is 18.6 Å². The van der Waals surface area contributed by atoms with Crippen LogP contribution in [-0.2, 0) is 0 Å². The van der Waals surface area contributed by atoms with E-state index in [0.29, 0.717) is 23.7 Å². The molecule has 1 heterocycles. The minimum atomic E-state index is -0.299. The zero-order valence-corrected chi connectivity index (χ0v) is 9.47. The molecule has 0 aliphatic heterocycles. The van der Waals surface area contributed by atoms with E-state index in [-0.39, 0.29) is 5.82 Å². The number of benzene rings is 1. The Bertz CT molecular complexity index is 470. The van der Waals surface area contributed by atoms with Crippen molar-refractivity contribution in [3.8, 4) is 0 Å². The van der Waals surface area contributed by atoms with Gasteiger partial charge in [0.1, 0.15) is 12.1 Å². The van der Waals surface area contributed by atoms with Crippen molar-refractivity contribution in [1.82, 2.24) is 9.97 Å². The maximum absolute atomic E-state index is 13.7. The third-order valence-electron chi connectivity index (χ3n) is 2.43. The van der Waals surface area contributed by atoms with E-state index < -0.39 is 0 Å². The molecule has 88 valence electrons. The van der Waals surface area contributed by atoms with E-state index in [1.807, 2.05) is 6.92 Å². The summed E-state index contributed by atoms with van der Waals surface area (Å²) in [5, 5.41) is 0. The molecule has 2 rings (SSSR count). The number of hydrogen-bond acceptors (Lipinski definition) is 4. The number of aromatic nitrogens is 2. The molecule has 0 radical (unpaired) electrons. The molecule has 2 N–H and O–H groups in total. The van der Waals surface area contributed by atoms with Gasteiger partial charge in [0.05, 0.1) is 17.6 Å². The molecule has 0 saturated carbocycles. The van der Waals surface area contributed by atoms with Crippen LogP contribution in [0.15, 0.2) is 36.8 Å². The molecule has 17 heavy (non-hydrogen) atoms. The van der Waals surface area contributed by atoms with Gasteiger partial charge in [0, 0.05) is 6.54 Å². The highest BCUT2D eigenvalue weighted by Crippen LogP contribution is 2.28. The molecule has 4 nitrogen and oxygen atoms in total. The summed E-state index contributed by atoms with van der Waals surface area (Å²) < 4.78 is 13.7. The van der Waals surface area contributed by atoms with Crippen molar-refractivity contribution < 1.29 is 4.39 Å². The minimum absolute atomic E-state index is 0.299. The maximum atomic E-state index is 13.7. The SMILES string of the molecule is CCN(c1ccccc1F)c1ncncc1N. The van der Waals surface area contributed by atoms with E-state index in [9.17, 15) is 4.39 Å². The van der Waals surface area contributed by atoms with Gasteiger partial charge in [0.2, 0.25) is 0 Å². The first kappa shape index (κ1) is 11.3. The van der Waals surface area contributed by atoms with Crippen molar-refractivity contribution in [2.24, 2.45) is 0 Å². The Morgan fingerprint density at radius 3 is 2.76 bits per heavy atom. The van der Waals surface area contributed by atoms with E-state index in [1.54, 1.807) is 23.1 Å². The number of para-hydroxylation sites is 1. The number of anilines is 3.